The van der Waals surface area contributed by atoms with E-state index in [-0.39, 0.29) is 0 Å². The number of rotatable bonds is 9. The van der Waals surface area contributed by atoms with Gasteiger partial charge in [-0.15, -0.1) is 0 Å². The maximum Gasteiger partial charge on any atom is 0.00951 e. The van der Waals surface area contributed by atoms with Crippen molar-refractivity contribution in [2.75, 3.05) is 26.2 Å². The van der Waals surface area contributed by atoms with Gasteiger partial charge in [-0.3, -0.25) is 0 Å². The third-order valence-electron chi connectivity index (χ3n) is 4.22. The van der Waals surface area contributed by atoms with Crippen molar-refractivity contribution in [1.29, 1.82) is 0 Å². The fourth-order valence-corrected chi connectivity index (χ4v) is 3.28. The zero-order chi connectivity index (χ0) is 13.2. The van der Waals surface area contributed by atoms with Gasteiger partial charge in [0, 0.05) is 12.6 Å². The third-order valence-corrected chi connectivity index (χ3v) is 4.22. The van der Waals surface area contributed by atoms with Crippen LogP contribution in [-0.2, 0) is 0 Å². The number of piperidine rings is 1. The summed E-state index contributed by atoms with van der Waals surface area (Å²) < 4.78 is 0. The zero-order valence-electron chi connectivity index (χ0n) is 12.9. The summed E-state index contributed by atoms with van der Waals surface area (Å²) in [5, 5.41) is 3.48. The topological polar surface area (TPSA) is 15.3 Å². The Bertz CT molecular complexity index is 182. The first kappa shape index (κ1) is 16.0. The molecule has 0 unspecified atom stereocenters. The minimum Gasteiger partial charge on any atom is -0.317 e. The summed E-state index contributed by atoms with van der Waals surface area (Å²) in [6, 6.07) is 0.842. The van der Waals surface area contributed by atoms with Crippen LogP contribution in [0.15, 0.2) is 0 Å². The third kappa shape index (κ3) is 5.71. The van der Waals surface area contributed by atoms with Crippen LogP contribution in [0, 0.1) is 5.92 Å². The first-order chi connectivity index (χ1) is 8.81. The SMILES string of the molecule is CCCC(CCC)N(CCC)CC1CCNCC1. The van der Waals surface area contributed by atoms with Crippen molar-refractivity contribution in [3.63, 3.8) is 0 Å². The van der Waals surface area contributed by atoms with Gasteiger partial charge in [-0.1, -0.05) is 33.6 Å². The monoisotopic (exact) mass is 254 g/mol. The van der Waals surface area contributed by atoms with Gasteiger partial charge in [0.05, 0.1) is 0 Å². The normalized spacial score (nSPS) is 17.8. The molecule has 1 fully saturated rings. The predicted molar refractivity (Wildman–Crippen MR) is 81.1 cm³/mol. The van der Waals surface area contributed by atoms with Gasteiger partial charge < -0.3 is 10.2 Å². The van der Waals surface area contributed by atoms with E-state index in [2.05, 4.69) is 31.0 Å². The van der Waals surface area contributed by atoms with E-state index in [0.717, 1.165) is 12.0 Å². The van der Waals surface area contributed by atoms with Gasteiger partial charge in [0.1, 0.15) is 0 Å². The summed E-state index contributed by atoms with van der Waals surface area (Å²) in [6.07, 6.45) is 9.50. The van der Waals surface area contributed by atoms with E-state index >= 15 is 0 Å². The summed E-state index contributed by atoms with van der Waals surface area (Å²) in [5.41, 5.74) is 0. The second-order valence-electron chi connectivity index (χ2n) is 5.92. The van der Waals surface area contributed by atoms with Crippen LogP contribution in [0.2, 0.25) is 0 Å². The van der Waals surface area contributed by atoms with Crippen molar-refractivity contribution >= 4 is 0 Å². The molecule has 2 nitrogen and oxygen atoms in total. The highest BCUT2D eigenvalue weighted by molar-refractivity contribution is 4.77. The van der Waals surface area contributed by atoms with Crippen LogP contribution in [0.25, 0.3) is 0 Å². The summed E-state index contributed by atoms with van der Waals surface area (Å²) in [5.74, 6) is 0.939. The van der Waals surface area contributed by atoms with Gasteiger partial charge >= 0.3 is 0 Å². The van der Waals surface area contributed by atoms with Gasteiger partial charge in [0.15, 0.2) is 0 Å². The molecule has 108 valence electrons. The molecular formula is C16H34N2. The molecule has 0 spiro atoms. The van der Waals surface area contributed by atoms with Crippen LogP contribution in [0.1, 0.15) is 65.7 Å². The molecule has 2 heteroatoms. The first-order valence-electron chi connectivity index (χ1n) is 8.26. The quantitative estimate of drug-likeness (QED) is 0.675. The number of hydrogen-bond acceptors (Lipinski definition) is 2. The molecule has 0 saturated carbocycles. The van der Waals surface area contributed by atoms with E-state index in [1.807, 2.05) is 0 Å². The number of hydrogen-bond donors (Lipinski definition) is 1. The molecule has 0 radical (unpaired) electrons. The lowest BCUT2D eigenvalue weighted by molar-refractivity contribution is 0.136. The Hall–Kier alpha value is -0.0800. The first-order valence-corrected chi connectivity index (χ1v) is 8.26. The fourth-order valence-electron chi connectivity index (χ4n) is 3.28. The lowest BCUT2D eigenvalue weighted by atomic mass is 9.95. The van der Waals surface area contributed by atoms with Crippen LogP contribution >= 0.6 is 0 Å². The van der Waals surface area contributed by atoms with E-state index in [4.69, 9.17) is 0 Å². The van der Waals surface area contributed by atoms with Crippen molar-refractivity contribution in [3.8, 4) is 0 Å². The standard InChI is InChI=1S/C16H34N2/c1-4-7-16(8-5-2)18(13-6-3)14-15-9-11-17-12-10-15/h15-17H,4-14H2,1-3H3. The van der Waals surface area contributed by atoms with Crippen molar-refractivity contribution in [3.05, 3.63) is 0 Å². The molecule has 0 aromatic rings. The Morgan fingerprint density at radius 2 is 1.61 bits per heavy atom. The largest absolute Gasteiger partial charge is 0.317 e. The second kappa shape index (κ2) is 9.80. The average Bonchev–Trinajstić information content (AvgIpc) is 2.39. The summed E-state index contributed by atoms with van der Waals surface area (Å²) >= 11 is 0. The molecular weight excluding hydrogens is 220 g/mol. The Labute approximate surface area is 115 Å². The molecule has 1 aliphatic heterocycles. The maximum absolute atomic E-state index is 3.48. The predicted octanol–water partition coefficient (Wildman–Crippen LogP) is 3.67. The van der Waals surface area contributed by atoms with Crippen molar-refractivity contribution in [2.45, 2.75) is 71.8 Å². The van der Waals surface area contributed by atoms with Gasteiger partial charge in [-0.2, -0.15) is 0 Å². The molecule has 1 saturated heterocycles. The van der Waals surface area contributed by atoms with E-state index in [1.165, 1.54) is 71.1 Å². The Morgan fingerprint density at radius 1 is 1.00 bits per heavy atom. The Kier molecular flexibility index (Phi) is 8.70. The van der Waals surface area contributed by atoms with E-state index in [9.17, 15) is 0 Å². The van der Waals surface area contributed by atoms with E-state index < -0.39 is 0 Å². The number of nitrogens with one attached hydrogen (secondary N) is 1. The van der Waals surface area contributed by atoms with Crippen molar-refractivity contribution < 1.29 is 0 Å². The van der Waals surface area contributed by atoms with Crippen LogP contribution in [-0.4, -0.2) is 37.1 Å². The van der Waals surface area contributed by atoms with E-state index in [0.29, 0.717) is 0 Å². The van der Waals surface area contributed by atoms with Gasteiger partial charge in [-0.05, 0) is 57.7 Å². The zero-order valence-corrected chi connectivity index (χ0v) is 12.9. The summed E-state index contributed by atoms with van der Waals surface area (Å²) in [4.78, 5) is 2.81. The smallest absolute Gasteiger partial charge is 0.00951 e. The van der Waals surface area contributed by atoms with Crippen LogP contribution in [0.3, 0.4) is 0 Å². The molecule has 0 amide bonds. The molecule has 1 N–H and O–H groups in total. The van der Waals surface area contributed by atoms with Crippen molar-refractivity contribution in [2.24, 2.45) is 5.92 Å². The maximum atomic E-state index is 3.48. The second-order valence-corrected chi connectivity index (χ2v) is 5.92. The molecule has 0 aliphatic carbocycles. The molecule has 18 heavy (non-hydrogen) atoms. The highest BCUT2D eigenvalue weighted by atomic mass is 15.2. The molecule has 1 heterocycles. The molecule has 0 atom stereocenters. The fraction of sp³-hybridized carbons (Fsp3) is 1.00. The molecule has 0 aromatic carbocycles. The summed E-state index contributed by atoms with van der Waals surface area (Å²) in [6.45, 7) is 12.1. The van der Waals surface area contributed by atoms with Crippen LogP contribution in [0.4, 0.5) is 0 Å². The lowest BCUT2D eigenvalue weighted by Crippen LogP contribution is -2.42. The van der Waals surface area contributed by atoms with Crippen LogP contribution in [0.5, 0.6) is 0 Å². The lowest BCUT2D eigenvalue weighted by Gasteiger charge is -2.35. The molecule has 1 rings (SSSR count). The minimum atomic E-state index is 0.842. The minimum absolute atomic E-state index is 0.842. The van der Waals surface area contributed by atoms with Gasteiger partial charge in [0.2, 0.25) is 0 Å². The highest BCUT2D eigenvalue weighted by Crippen LogP contribution is 2.19. The van der Waals surface area contributed by atoms with Gasteiger partial charge in [-0.25, -0.2) is 0 Å². The Balaban J connectivity index is 2.48. The van der Waals surface area contributed by atoms with Gasteiger partial charge in [0.25, 0.3) is 0 Å². The van der Waals surface area contributed by atoms with Crippen molar-refractivity contribution in [1.82, 2.24) is 10.2 Å². The Morgan fingerprint density at radius 3 is 2.11 bits per heavy atom. The molecule has 1 aliphatic rings. The molecule has 0 bridgehead atoms. The average molecular weight is 254 g/mol. The molecule has 0 aromatic heterocycles. The van der Waals surface area contributed by atoms with Crippen LogP contribution < -0.4 is 5.32 Å². The highest BCUT2D eigenvalue weighted by Gasteiger charge is 2.21. The summed E-state index contributed by atoms with van der Waals surface area (Å²) in [7, 11) is 0. The van der Waals surface area contributed by atoms with E-state index in [1.54, 1.807) is 0 Å². The number of nitrogens with zero attached hydrogens (tertiary/aromatic N) is 1.